The maximum absolute atomic E-state index is 12.4. The second kappa shape index (κ2) is 5.35. The van der Waals surface area contributed by atoms with Crippen molar-refractivity contribution in [3.8, 4) is 0 Å². The monoisotopic (exact) mass is 231 g/mol. The number of hydrogen-bond acceptors (Lipinski definition) is 1. The molecule has 1 aliphatic heterocycles. The molecule has 2 atom stereocenters. The van der Waals surface area contributed by atoms with Crippen LogP contribution in [0, 0.1) is 5.92 Å². The van der Waals surface area contributed by atoms with E-state index in [-0.39, 0.29) is 5.91 Å². The van der Waals surface area contributed by atoms with Gasteiger partial charge in [0, 0.05) is 18.2 Å². The van der Waals surface area contributed by atoms with Crippen LogP contribution in [-0.2, 0) is 0 Å². The number of hydrogen-bond donors (Lipinski definition) is 0. The molecule has 1 aromatic rings. The van der Waals surface area contributed by atoms with Gasteiger partial charge in [-0.3, -0.25) is 4.79 Å². The Morgan fingerprint density at radius 3 is 2.53 bits per heavy atom. The Hall–Kier alpha value is -1.31. The lowest BCUT2D eigenvalue weighted by Crippen LogP contribution is -2.35. The molecule has 0 aliphatic carbocycles. The molecule has 0 spiro atoms. The van der Waals surface area contributed by atoms with E-state index in [2.05, 4.69) is 18.7 Å². The average Bonchev–Trinajstić information content (AvgIpc) is 2.82. The molecule has 0 aromatic heterocycles. The zero-order valence-corrected chi connectivity index (χ0v) is 10.7. The van der Waals surface area contributed by atoms with Crippen LogP contribution in [-0.4, -0.2) is 23.4 Å². The first-order valence-corrected chi connectivity index (χ1v) is 6.62. The van der Waals surface area contributed by atoms with Crippen LogP contribution < -0.4 is 0 Å². The summed E-state index contributed by atoms with van der Waals surface area (Å²) in [5.41, 5.74) is 0.822. The minimum absolute atomic E-state index is 0.202. The van der Waals surface area contributed by atoms with Gasteiger partial charge in [-0.2, -0.15) is 0 Å². The zero-order valence-electron chi connectivity index (χ0n) is 10.7. The van der Waals surface area contributed by atoms with E-state index < -0.39 is 0 Å². The molecule has 1 amide bonds. The average molecular weight is 231 g/mol. The molecule has 1 fully saturated rings. The summed E-state index contributed by atoms with van der Waals surface area (Å²) in [6.45, 7) is 5.32. The van der Waals surface area contributed by atoms with E-state index >= 15 is 0 Å². The summed E-state index contributed by atoms with van der Waals surface area (Å²) < 4.78 is 0. The third kappa shape index (κ3) is 2.51. The minimum Gasteiger partial charge on any atom is -0.335 e. The molecule has 1 saturated heterocycles. The number of carbonyl (C=O) groups is 1. The molecular weight excluding hydrogens is 210 g/mol. The highest BCUT2D eigenvalue weighted by Gasteiger charge is 2.33. The Morgan fingerprint density at radius 2 is 1.94 bits per heavy atom. The summed E-state index contributed by atoms with van der Waals surface area (Å²) in [4.78, 5) is 14.5. The number of rotatable bonds is 3. The summed E-state index contributed by atoms with van der Waals surface area (Å²) in [6.07, 6.45) is 3.41. The Morgan fingerprint density at radius 1 is 1.24 bits per heavy atom. The first-order valence-electron chi connectivity index (χ1n) is 6.62. The van der Waals surface area contributed by atoms with Crippen LogP contribution in [0.1, 0.15) is 43.5 Å². The van der Waals surface area contributed by atoms with Gasteiger partial charge in [0.25, 0.3) is 5.91 Å². The van der Waals surface area contributed by atoms with Crippen molar-refractivity contribution in [2.75, 3.05) is 6.54 Å². The van der Waals surface area contributed by atoms with E-state index in [9.17, 15) is 4.79 Å². The molecule has 0 radical (unpaired) electrons. The quantitative estimate of drug-likeness (QED) is 0.781. The van der Waals surface area contributed by atoms with Gasteiger partial charge in [0.2, 0.25) is 0 Å². The van der Waals surface area contributed by atoms with Crippen LogP contribution in [0.15, 0.2) is 30.3 Å². The third-order valence-electron chi connectivity index (χ3n) is 3.83. The van der Waals surface area contributed by atoms with Crippen LogP contribution >= 0.6 is 0 Å². The zero-order chi connectivity index (χ0) is 12.3. The molecular formula is C15H21NO. The van der Waals surface area contributed by atoms with Crippen molar-refractivity contribution in [1.29, 1.82) is 0 Å². The fourth-order valence-electron chi connectivity index (χ4n) is 2.69. The second-order valence-corrected chi connectivity index (χ2v) is 4.90. The normalized spacial score (nSPS) is 24.0. The molecule has 1 heterocycles. The summed E-state index contributed by atoms with van der Waals surface area (Å²) >= 11 is 0. The van der Waals surface area contributed by atoms with E-state index in [0.29, 0.717) is 12.0 Å². The fourth-order valence-corrected chi connectivity index (χ4v) is 2.69. The van der Waals surface area contributed by atoms with Gasteiger partial charge >= 0.3 is 0 Å². The third-order valence-corrected chi connectivity index (χ3v) is 3.83. The molecule has 92 valence electrons. The SMILES string of the molecule is CCC1CC(CC)N(C(=O)c2ccccc2)C1. The number of amides is 1. The molecule has 1 aromatic carbocycles. The molecule has 0 N–H and O–H groups in total. The summed E-state index contributed by atoms with van der Waals surface area (Å²) in [5.74, 6) is 0.890. The Bertz CT molecular complexity index is 374. The Kier molecular flexibility index (Phi) is 3.82. The van der Waals surface area contributed by atoms with Crippen molar-refractivity contribution in [3.63, 3.8) is 0 Å². The first-order chi connectivity index (χ1) is 8.26. The van der Waals surface area contributed by atoms with Gasteiger partial charge in [-0.25, -0.2) is 0 Å². The van der Waals surface area contributed by atoms with Crippen LogP contribution in [0.2, 0.25) is 0 Å². The molecule has 0 bridgehead atoms. The number of benzene rings is 1. The van der Waals surface area contributed by atoms with Gasteiger partial charge in [0.1, 0.15) is 0 Å². The van der Waals surface area contributed by atoms with Gasteiger partial charge in [0.15, 0.2) is 0 Å². The molecule has 2 heteroatoms. The summed E-state index contributed by atoms with van der Waals surface area (Å²) in [5, 5.41) is 0. The number of likely N-dealkylation sites (tertiary alicyclic amines) is 1. The predicted octanol–water partition coefficient (Wildman–Crippen LogP) is 3.34. The summed E-state index contributed by atoms with van der Waals surface area (Å²) in [7, 11) is 0. The molecule has 2 rings (SSSR count). The second-order valence-electron chi connectivity index (χ2n) is 4.90. The van der Waals surface area contributed by atoms with E-state index in [1.165, 1.54) is 12.8 Å². The lowest BCUT2D eigenvalue weighted by atomic mass is 10.0. The predicted molar refractivity (Wildman–Crippen MR) is 70.0 cm³/mol. The Balaban J connectivity index is 2.14. The number of nitrogens with zero attached hydrogens (tertiary/aromatic N) is 1. The van der Waals surface area contributed by atoms with Crippen LogP contribution in [0.25, 0.3) is 0 Å². The van der Waals surface area contributed by atoms with Crippen LogP contribution in [0.4, 0.5) is 0 Å². The topological polar surface area (TPSA) is 20.3 Å². The van der Waals surface area contributed by atoms with Crippen molar-refractivity contribution in [2.45, 2.75) is 39.2 Å². The molecule has 2 unspecified atom stereocenters. The van der Waals surface area contributed by atoms with E-state index in [4.69, 9.17) is 0 Å². The van der Waals surface area contributed by atoms with Gasteiger partial charge in [-0.15, -0.1) is 0 Å². The van der Waals surface area contributed by atoms with Crippen molar-refractivity contribution in [1.82, 2.24) is 4.90 Å². The first kappa shape index (κ1) is 12.2. The highest BCUT2D eigenvalue weighted by atomic mass is 16.2. The minimum atomic E-state index is 0.202. The van der Waals surface area contributed by atoms with Gasteiger partial charge in [0.05, 0.1) is 0 Å². The van der Waals surface area contributed by atoms with Crippen molar-refractivity contribution >= 4 is 5.91 Å². The molecule has 0 saturated carbocycles. The molecule has 17 heavy (non-hydrogen) atoms. The number of carbonyl (C=O) groups excluding carboxylic acids is 1. The highest BCUT2D eigenvalue weighted by molar-refractivity contribution is 5.94. The maximum atomic E-state index is 12.4. The van der Waals surface area contributed by atoms with E-state index in [0.717, 1.165) is 18.5 Å². The van der Waals surface area contributed by atoms with Gasteiger partial charge in [-0.1, -0.05) is 38.5 Å². The van der Waals surface area contributed by atoms with Gasteiger partial charge in [-0.05, 0) is 30.9 Å². The smallest absolute Gasteiger partial charge is 0.254 e. The fraction of sp³-hybridized carbons (Fsp3) is 0.533. The highest BCUT2D eigenvalue weighted by Crippen LogP contribution is 2.28. The standard InChI is InChI=1S/C15H21NO/c1-3-12-10-14(4-2)16(11-12)15(17)13-8-6-5-7-9-13/h5-9,12,14H,3-4,10-11H2,1-2H3. The largest absolute Gasteiger partial charge is 0.335 e. The lowest BCUT2D eigenvalue weighted by Gasteiger charge is -2.23. The van der Waals surface area contributed by atoms with E-state index in [1.54, 1.807) is 0 Å². The molecule has 1 aliphatic rings. The van der Waals surface area contributed by atoms with Crippen molar-refractivity contribution in [3.05, 3.63) is 35.9 Å². The van der Waals surface area contributed by atoms with Gasteiger partial charge < -0.3 is 4.90 Å². The van der Waals surface area contributed by atoms with Crippen molar-refractivity contribution < 1.29 is 4.79 Å². The maximum Gasteiger partial charge on any atom is 0.254 e. The van der Waals surface area contributed by atoms with Crippen LogP contribution in [0.5, 0.6) is 0 Å². The lowest BCUT2D eigenvalue weighted by molar-refractivity contribution is 0.0729. The Labute approximate surface area is 104 Å². The van der Waals surface area contributed by atoms with Crippen molar-refractivity contribution in [2.24, 2.45) is 5.92 Å². The molecule has 2 nitrogen and oxygen atoms in total. The summed E-state index contributed by atoms with van der Waals surface area (Å²) in [6, 6.07) is 10.1. The van der Waals surface area contributed by atoms with Crippen LogP contribution in [0.3, 0.4) is 0 Å². The van der Waals surface area contributed by atoms with E-state index in [1.807, 2.05) is 30.3 Å².